The van der Waals surface area contributed by atoms with E-state index in [4.69, 9.17) is 4.74 Å². The van der Waals surface area contributed by atoms with Gasteiger partial charge < -0.3 is 10.1 Å². The number of amides is 1. The maximum absolute atomic E-state index is 12.0. The summed E-state index contributed by atoms with van der Waals surface area (Å²) in [5.41, 5.74) is 4.55. The fourth-order valence-electron chi connectivity index (χ4n) is 2.48. The minimum Gasteiger partial charge on any atom is -0.496 e. The smallest absolute Gasteiger partial charge is 0.224 e. The van der Waals surface area contributed by atoms with Crippen LogP contribution in [0.4, 0.5) is 0 Å². The molecule has 0 saturated carbocycles. The average Bonchev–Trinajstić information content (AvgIpc) is 2.50. The lowest BCUT2D eigenvalue weighted by atomic mass is 10.1. The van der Waals surface area contributed by atoms with Crippen LogP contribution in [0.25, 0.3) is 0 Å². The van der Waals surface area contributed by atoms with E-state index in [9.17, 15) is 4.79 Å². The second-order valence-corrected chi connectivity index (χ2v) is 5.52. The highest BCUT2D eigenvalue weighted by Crippen LogP contribution is 2.19. The van der Waals surface area contributed by atoms with Crippen LogP contribution in [0.2, 0.25) is 0 Å². The number of benzene rings is 2. The highest BCUT2D eigenvalue weighted by Gasteiger charge is 2.07. The molecule has 0 atom stereocenters. The maximum Gasteiger partial charge on any atom is 0.224 e. The molecule has 0 aliphatic rings. The minimum absolute atomic E-state index is 0.0564. The van der Waals surface area contributed by atoms with Gasteiger partial charge in [-0.1, -0.05) is 42.0 Å². The third kappa shape index (κ3) is 4.35. The Morgan fingerprint density at radius 2 is 1.86 bits per heavy atom. The van der Waals surface area contributed by atoms with Crippen LogP contribution in [0.15, 0.2) is 42.5 Å². The number of carbonyl (C=O) groups is 1. The van der Waals surface area contributed by atoms with Crippen molar-refractivity contribution in [2.24, 2.45) is 0 Å². The van der Waals surface area contributed by atoms with Crippen molar-refractivity contribution in [3.8, 4) is 5.75 Å². The van der Waals surface area contributed by atoms with Crippen molar-refractivity contribution in [1.82, 2.24) is 5.32 Å². The molecule has 0 heterocycles. The van der Waals surface area contributed by atoms with Crippen LogP contribution in [0.5, 0.6) is 5.75 Å². The standard InChI is InChI=1S/C19H23NO2/c1-14-8-9-18(22-3)17(12-14)10-11-20-19(21)13-16-7-5-4-6-15(16)2/h4-9,12H,10-11,13H2,1-3H3,(H,20,21). The van der Waals surface area contributed by atoms with E-state index in [0.29, 0.717) is 13.0 Å². The van der Waals surface area contributed by atoms with E-state index in [1.807, 2.05) is 43.3 Å². The van der Waals surface area contributed by atoms with Crippen LogP contribution >= 0.6 is 0 Å². The normalized spacial score (nSPS) is 10.3. The van der Waals surface area contributed by atoms with Gasteiger partial charge in [-0.05, 0) is 43.0 Å². The fourth-order valence-corrected chi connectivity index (χ4v) is 2.48. The number of hydrogen-bond acceptors (Lipinski definition) is 2. The SMILES string of the molecule is COc1ccc(C)cc1CCNC(=O)Cc1ccccc1C. The van der Waals surface area contributed by atoms with Crippen molar-refractivity contribution in [1.29, 1.82) is 0 Å². The third-order valence-electron chi connectivity index (χ3n) is 3.76. The van der Waals surface area contributed by atoms with E-state index in [0.717, 1.165) is 28.9 Å². The molecule has 1 amide bonds. The van der Waals surface area contributed by atoms with Crippen LogP contribution in [0.1, 0.15) is 22.3 Å². The molecule has 0 radical (unpaired) electrons. The Labute approximate surface area is 132 Å². The van der Waals surface area contributed by atoms with Crippen LogP contribution in [0.3, 0.4) is 0 Å². The Balaban J connectivity index is 1.87. The Morgan fingerprint density at radius 3 is 2.59 bits per heavy atom. The van der Waals surface area contributed by atoms with E-state index in [2.05, 4.69) is 18.3 Å². The predicted molar refractivity (Wildman–Crippen MR) is 89.3 cm³/mol. The highest BCUT2D eigenvalue weighted by molar-refractivity contribution is 5.78. The van der Waals surface area contributed by atoms with Crippen molar-refractivity contribution in [3.63, 3.8) is 0 Å². The maximum atomic E-state index is 12.0. The van der Waals surface area contributed by atoms with Crippen LogP contribution < -0.4 is 10.1 Å². The first-order valence-electron chi connectivity index (χ1n) is 7.55. The van der Waals surface area contributed by atoms with Gasteiger partial charge in [-0.25, -0.2) is 0 Å². The van der Waals surface area contributed by atoms with Crippen LogP contribution in [0, 0.1) is 13.8 Å². The van der Waals surface area contributed by atoms with Gasteiger partial charge in [0.2, 0.25) is 5.91 Å². The summed E-state index contributed by atoms with van der Waals surface area (Å²) in [6.07, 6.45) is 1.20. The van der Waals surface area contributed by atoms with Gasteiger partial charge >= 0.3 is 0 Å². The lowest BCUT2D eigenvalue weighted by molar-refractivity contribution is -0.120. The summed E-state index contributed by atoms with van der Waals surface area (Å²) in [4.78, 5) is 12.0. The number of ether oxygens (including phenoxy) is 1. The molecule has 3 heteroatoms. The topological polar surface area (TPSA) is 38.3 Å². The van der Waals surface area contributed by atoms with Gasteiger partial charge in [0.1, 0.15) is 5.75 Å². The quantitative estimate of drug-likeness (QED) is 0.889. The second-order valence-electron chi connectivity index (χ2n) is 5.52. The van der Waals surface area contributed by atoms with Crippen LogP contribution in [-0.4, -0.2) is 19.6 Å². The number of rotatable bonds is 6. The number of methoxy groups -OCH3 is 1. The Kier molecular flexibility index (Phi) is 5.59. The lowest BCUT2D eigenvalue weighted by Gasteiger charge is -2.11. The molecule has 0 aliphatic carbocycles. The first-order chi connectivity index (χ1) is 10.6. The molecular weight excluding hydrogens is 274 g/mol. The van der Waals surface area contributed by atoms with Gasteiger partial charge in [0.25, 0.3) is 0 Å². The fraction of sp³-hybridized carbons (Fsp3) is 0.316. The van der Waals surface area contributed by atoms with Gasteiger partial charge in [-0.15, -0.1) is 0 Å². The Morgan fingerprint density at radius 1 is 1.09 bits per heavy atom. The Bertz CT molecular complexity index is 650. The van der Waals surface area contributed by atoms with E-state index in [1.165, 1.54) is 5.56 Å². The molecule has 0 aromatic heterocycles. The summed E-state index contributed by atoms with van der Waals surface area (Å²) in [5, 5.41) is 2.98. The van der Waals surface area contributed by atoms with Crippen molar-refractivity contribution >= 4 is 5.91 Å². The molecule has 3 nitrogen and oxygen atoms in total. The van der Waals surface area contributed by atoms with Crippen molar-refractivity contribution in [2.45, 2.75) is 26.7 Å². The monoisotopic (exact) mass is 297 g/mol. The molecule has 2 rings (SSSR count). The Hall–Kier alpha value is -2.29. The molecule has 0 saturated heterocycles. The summed E-state index contributed by atoms with van der Waals surface area (Å²) < 4.78 is 5.36. The predicted octanol–water partition coefficient (Wildman–Crippen LogP) is 3.21. The van der Waals surface area contributed by atoms with E-state index in [-0.39, 0.29) is 5.91 Å². The zero-order valence-electron chi connectivity index (χ0n) is 13.5. The second kappa shape index (κ2) is 7.64. The summed E-state index contributed by atoms with van der Waals surface area (Å²) in [7, 11) is 1.67. The molecule has 1 N–H and O–H groups in total. The van der Waals surface area contributed by atoms with Crippen molar-refractivity contribution in [3.05, 3.63) is 64.7 Å². The summed E-state index contributed by atoms with van der Waals surface area (Å²) >= 11 is 0. The lowest BCUT2D eigenvalue weighted by Crippen LogP contribution is -2.27. The zero-order valence-corrected chi connectivity index (χ0v) is 13.5. The number of nitrogens with one attached hydrogen (secondary N) is 1. The molecule has 0 fully saturated rings. The van der Waals surface area contributed by atoms with E-state index >= 15 is 0 Å². The molecule has 0 unspecified atom stereocenters. The largest absolute Gasteiger partial charge is 0.496 e. The zero-order chi connectivity index (χ0) is 15.9. The number of aryl methyl sites for hydroxylation is 2. The van der Waals surface area contributed by atoms with Gasteiger partial charge in [-0.3, -0.25) is 4.79 Å². The van der Waals surface area contributed by atoms with Gasteiger partial charge in [0.05, 0.1) is 13.5 Å². The number of carbonyl (C=O) groups excluding carboxylic acids is 1. The average molecular weight is 297 g/mol. The highest BCUT2D eigenvalue weighted by atomic mass is 16.5. The van der Waals surface area contributed by atoms with E-state index in [1.54, 1.807) is 7.11 Å². The molecule has 2 aromatic carbocycles. The molecule has 116 valence electrons. The van der Waals surface area contributed by atoms with Crippen molar-refractivity contribution < 1.29 is 9.53 Å². The van der Waals surface area contributed by atoms with Gasteiger partial charge in [-0.2, -0.15) is 0 Å². The molecule has 0 spiro atoms. The first kappa shape index (κ1) is 16.1. The third-order valence-corrected chi connectivity index (χ3v) is 3.76. The molecule has 0 aliphatic heterocycles. The van der Waals surface area contributed by atoms with Gasteiger partial charge in [0.15, 0.2) is 0 Å². The summed E-state index contributed by atoms with van der Waals surface area (Å²) in [5.74, 6) is 0.930. The molecular formula is C19H23NO2. The number of hydrogen-bond donors (Lipinski definition) is 1. The summed E-state index contributed by atoms with van der Waals surface area (Å²) in [6, 6.07) is 14.1. The molecule has 22 heavy (non-hydrogen) atoms. The van der Waals surface area contributed by atoms with Crippen LogP contribution in [-0.2, 0) is 17.6 Å². The summed E-state index contributed by atoms with van der Waals surface area (Å²) in [6.45, 7) is 4.70. The first-order valence-corrected chi connectivity index (χ1v) is 7.55. The van der Waals surface area contributed by atoms with Crippen molar-refractivity contribution in [2.75, 3.05) is 13.7 Å². The minimum atomic E-state index is 0.0564. The molecule has 2 aromatic rings. The van der Waals surface area contributed by atoms with E-state index < -0.39 is 0 Å². The molecule has 0 bridgehead atoms. The van der Waals surface area contributed by atoms with Gasteiger partial charge in [0, 0.05) is 6.54 Å².